The molecule has 0 bridgehead atoms. The van der Waals surface area contributed by atoms with Gasteiger partial charge in [0.25, 0.3) is 0 Å². The summed E-state index contributed by atoms with van der Waals surface area (Å²) in [6, 6.07) is 12.2. The van der Waals surface area contributed by atoms with Gasteiger partial charge in [-0.1, -0.05) is 30.3 Å². The third-order valence-electron chi connectivity index (χ3n) is 4.47. The van der Waals surface area contributed by atoms with Crippen molar-refractivity contribution in [3.05, 3.63) is 72.3 Å². The maximum Gasteiger partial charge on any atom is 0.157 e. The number of aromatic nitrogens is 3. The Kier molecular flexibility index (Phi) is 4.54. The van der Waals surface area contributed by atoms with Gasteiger partial charge in [-0.05, 0) is 17.2 Å². The first-order chi connectivity index (χ1) is 12.3. The number of aliphatic hydroxyl groups is 1. The largest absolute Gasteiger partial charge is 0.483 e. The van der Waals surface area contributed by atoms with Crippen molar-refractivity contribution in [2.75, 3.05) is 13.1 Å². The second-order valence-corrected chi connectivity index (χ2v) is 6.50. The van der Waals surface area contributed by atoms with Gasteiger partial charge in [0, 0.05) is 32.0 Å². The molecule has 3 aromatic rings. The molecule has 6 nitrogen and oxygen atoms in total. The van der Waals surface area contributed by atoms with Gasteiger partial charge < -0.3 is 14.8 Å². The molecule has 0 radical (unpaired) electrons. The predicted molar refractivity (Wildman–Crippen MR) is 94.3 cm³/mol. The summed E-state index contributed by atoms with van der Waals surface area (Å²) in [5.74, 6) is 0.698. The van der Waals surface area contributed by atoms with Crippen LogP contribution < -0.4 is 4.74 Å². The topological polar surface area (TPSA) is 66.3 Å². The van der Waals surface area contributed by atoms with Crippen molar-refractivity contribution in [2.45, 2.75) is 25.3 Å². The highest BCUT2D eigenvalue weighted by Gasteiger charge is 2.33. The Hall–Kier alpha value is -2.57. The smallest absolute Gasteiger partial charge is 0.157 e. The monoisotopic (exact) mass is 338 g/mol. The van der Waals surface area contributed by atoms with Crippen molar-refractivity contribution in [1.29, 1.82) is 0 Å². The van der Waals surface area contributed by atoms with Crippen molar-refractivity contribution in [2.24, 2.45) is 0 Å². The third kappa shape index (κ3) is 3.92. The first kappa shape index (κ1) is 15.9. The molecule has 2 aromatic heterocycles. The number of aliphatic hydroxyl groups excluding tert-OH is 1. The van der Waals surface area contributed by atoms with Crippen molar-refractivity contribution in [1.82, 2.24) is 19.7 Å². The molecule has 4 rings (SSSR count). The van der Waals surface area contributed by atoms with Crippen LogP contribution in [0, 0.1) is 0 Å². The average Bonchev–Trinajstić information content (AvgIpc) is 3.33. The van der Waals surface area contributed by atoms with Gasteiger partial charge in [0.15, 0.2) is 5.75 Å². The summed E-state index contributed by atoms with van der Waals surface area (Å²) in [7, 11) is 0. The maximum atomic E-state index is 10.3. The third-order valence-corrected chi connectivity index (χ3v) is 4.47. The van der Waals surface area contributed by atoms with Crippen LogP contribution in [0.4, 0.5) is 0 Å². The van der Waals surface area contributed by atoms with Gasteiger partial charge in [-0.3, -0.25) is 9.58 Å². The summed E-state index contributed by atoms with van der Waals surface area (Å²) in [6.45, 7) is 2.84. The molecule has 1 aliphatic heterocycles. The normalized spacial score (nSPS) is 20.8. The van der Waals surface area contributed by atoms with E-state index in [2.05, 4.69) is 27.1 Å². The van der Waals surface area contributed by atoms with Crippen LogP contribution in [0.3, 0.4) is 0 Å². The second kappa shape index (κ2) is 7.13. The fourth-order valence-electron chi connectivity index (χ4n) is 3.23. The van der Waals surface area contributed by atoms with E-state index in [1.54, 1.807) is 6.20 Å². The second-order valence-electron chi connectivity index (χ2n) is 6.50. The molecular weight excluding hydrogens is 316 g/mol. The number of likely N-dealkylation sites (tertiary alicyclic amines) is 1. The van der Waals surface area contributed by atoms with Crippen LogP contribution in [0.2, 0.25) is 0 Å². The summed E-state index contributed by atoms with van der Waals surface area (Å²) < 4.78 is 7.82. The van der Waals surface area contributed by atoms with Crippen LogP contribution in [0.25, 0.3) is 0 Å². The van der Waals surface area contributed by atoms with Gasteiger partial charge in [-0.15, -0.1) is 0 Å². The lowest BCUT2D eigenvalue weighted by Crippen LogP contribution is -2.29. The zero-order valence-corrected chi connectivity index (χ0v) is 14.0. The van der Waals surface area contributed by atoms with Gasteiger partial charge in [-0.2, -0.15) is 5.10 Å². The number of nitrogens with one attached hydrogen (secondary N) is 1. The van der Waals surface area contributed by atoms with Gasteiger partial charge in [-0.25, -0.2) is 0 Å². The first-order valence-electron chi connectivity index (χ1n) is 8.51. The molecular formula is C19H22N4O2. The van der Waals surface area contributed by atoms with Crippen molar-refractivity contribution < 1.29 is 9.84 Å². The Morgan fingerprint density at radius 2 is 2.00 bits per heavy atom. The molecule has 6 heteroatoms. The molecule has 0 spiro atoms. The molecule has 130 valence electrons. The van der Waals surface area contributed by atoms with Crippen LogP contribution in [0.1, 0.15) is 11.1 Å². The van der Waals surface area contributed by atoms with Crippen LogP contribution in [0.5, 0.6) is 5.75 Å². The lowest BCUT2D eigenvalue weighted by molar-refractivity contribution is 0.0736. The highest BCUT2D eigenvalue weighted by atomic mass is 16.5. The Morgan fingerprint density at radius 1 is 1.12 bits per heavy atom. The minimum atomic E-state index is -0.489. The highest BCUT2D eigenvalue weighted by molar-refractivity contribution is 5.18. The number of β-amino-alcohol motifs (C(OH)–C–C–N with tert-alkyl or cyclic N) is 1. The maximum absolute atomic E-state index is 10.3. The lowest BCUT2D eigenvalue weighted by atomic mass is 10.2. The van der Waals surface area contributed by atoms with Crippen LogP contribution in [-0.2, 0) is 13.1 Å². The number of benzene rings is 1. The first-order valence-corrected chi connectivity index (χ1v) is 8.51. The summed E-state index contributed by atoms with van der Waals surface area (Å²) in [6.07, 6.45) is 6.77. The number of hydrogen-bond donors (Lipinski definition) is 2. The number of ether oxygens (including phenoxy) is 1. The van der Waals surface area contributed by atoms with E-state index in [0.717, 1.165) is 6.54 Å². The van der Waals surface area contributed by atoms with Crippen LogP contribution in [0.15, 0.2) is 61.2 Å². The molecule has 1 fully saturated rings. The van der Waals surface area contributed by atoms with E-state index in [1.807, 2.05) is 47.5 Å². The molecule has 0 amide bonds. The van der Waals surface area contributed by atoms with Gasteiger partial charge in [0.05, 0.1) is 18.9 Å². The van der Waals surface area contributed by atoms with E-state index in [-0.39, 0.29) is 6.10 Å². The molecule has 1 aromatic carbocycles. The molecule has 1 aliphatic rings. The quantitative estimate of drug-likeness (QED) is 0.720. The minimum Gasteiger partial charge on any atom is -0.483 e. The zero-order chi connectivity index (χ0) is 17.1. The summed E-state index contributed by atoms with van der Waals surface area (Å²) >= 11 is 0. The van der Waals surface area contributed by atoms with E-state index in [4.69, 9.17) is 4.74 Å². The summed E-state index contributed by atoms with van der Waals surface area (Å²) in [5.41, 5.74) is 2.40. The minimum absolute atomic E-state index is 0.228. The van der Waals surface area contributed by atoms with Crippen molar-refractivity contribution in [3.8, 4) is 5.75 Å². The summed E-state index contributed by atoms with van der Waals surface area (Å²) in [4.78, 5) is 5.26. The molecule has 1 saturated heterocycles. The molecule has 0 saturated carbocycles. The number of aromatic amines is 1. The predicted octanol–water partition coefficient (Wildman–Crippen LogP) is 1.88. The Labute approximate surface area is 146 Å². The van der Waals surface area contributed by atoms with Crippen molar-refractivity contribution >= 4 is 0 Å². The standard InChI is InChI=1S/C19H22N4O2/c24-18-13-22(10-16-6-7-20-8-16)14-19(18)25-17-9-21-23(12-17)11-15-4-2-1-3-5-15/h1-9,12,18-20,24H,10-11,13-14H2/t18-,19-/m1/s1. The number of rotatable bonds is 6. The SMILES string of the molecule is O[C@@H]1CN(Cc2cc[nH]c2)C[C@H]1Oc1cnn(Cc2ccccc2)c1. The van der Waals surface area contributed by atoms with Crippen molar-refractivity contribution in [3.63, 3.8) is 0 Å². The fraction of sp³-hybridized carbons (Fsp3) is 0.316. The molecule has 3 heterocycles. The van der Waals surface area contributed by atoms with E-state index >= 15 is 0 Å². The molecule has 25 heavy (non-hydrogen) atoms. The van der Waals surface area contributed by atoms with Gasteiger partial charge >= 0.3 is 0 Å². The van der Waals surface area contributed by atoms with Gasteiger partial charge in [0.2, 0.25) is 0 Å². The van der Waals surface area contributed by atoms with E-state index in [9.17, 15) is 5.11 Å². The zero-order valence-electron chi connectivity index (χ0n) is 14.0. The lowest BCUT2D eigenvalue weighted by Gasteiger charge is -2.15. The highest BCUT2D eigenvalue weighted by Crippen LogP contribution is 2.20. The molecule has 0 unspecified atom stereocenters. The van der Waals surface area contributed by atoms with Gasteiger partial charge in [0.1, 0.15) is 12.2 Å². The Morgan fingerprint density at radius 3 is 2.80 bits per heavy atom. The summed E-state index contributed by atoms with van der Waals surface area (Å²) in [5, 5.41) is 14.6. The average molecular weight is 338 g/mol. The number of nitrogens with zero attached hydrogens (tertiary/aromatic N) is 3. The van der Waals surface area contributed by atoms with E-state index < -0.39 is 6.10 Å². The van der Waals surface area contributed by atoms with E-state index in [1.165, 1.54) is 11.1 Å². The Bertz CT molecular complexity index is 785. The molecule has 0 aliphatic carbocycles. The Balaban J connectivity index is 1.34. The fourth-order valence-corrected chi connectivity index (χ4v) is 3.23. The van der Waals surface area contributed by atoms with Crippen LogP contribution >= 0.6 is 0 Å². The van der Waals surface area contributed by atoms with E-state index in [0.29, 0.717) is 25.4 Å². The molecule has 2 N–H and O–H groups in total. The number of hydrogen-bond acceptors (Lipinski definition) is 4. The number of H-pyrrole nitrogens is 1. The van der Waals surface area contributed by atoms with Crippen LogP contribution in [-0.4, -0.2) is 50.1 Å². The molecule has 2 atom stereocenters.